The second-order valence-corrected chi connectivity index (χ2v) is 9.19. The van der Waals surface area contributed by atoms with Crippen LogP contribution in [-0.2, 0) is 21.4 Å². The van der Waals surface area contributed by atoms with Gasteiger partial charge in [0.25, 0.3) is 0 Å². The number of anilines is 1. The largest absolute Gasteiger partial charge is 0.357 e. The Morgan fingerprint density at radius 3 is 2.46 bits per heavy atom. The summed E-state index contributed by atoms with van der Waals surface area (Å²) in [4.78, 5) is 18.9. The van der Waals surface area contributed by atoms with Crippen molar-refractivity contribution in [2.24, 2.45) is 0 Å². The lowest BCUT2D eigenvalue weighted by molar-refractivity contribution is -0.121. The monoisotopic (exact) mass is 422 g/mol. The van der Waals surface area contributed by atoms with E-state index in [1.807, 2.05) is 12.1 Å². The molecule has 1 N–H and O–H groups in total. The van der Waals surface area contributed by atoms with Crippen LogP contribution in [0.1, 0.15) is 18.4 Å². The smallest absolute Gasteiger partial charge is 0.243 e. The number of nitrogens with one attached hydrogen (secondary N) is 1. The van der Waals surface area contributed by atoms with E-state index in [2.05, 4.69) is 15.2 Å². The van der Waals surface area contributed by atoms with Gasteiger partial charge in [0, 0.05) is 37.9 Å². The number of rotatable bonds is 7. The highest BCUT2D eigenvalue weighted by atomic mass is 35.5. The lowest BCUT2D eigenvalue weighted by Crippen LogP contribution is -2.38. The minimum absolute atomic E-state index is 0.0916. The molecule has 9 heteroatoms. The van der Waals surface area contributed by atoms with E-state index in [0.29, 0.717) is 11.6 Å². The fourth-order valence-corrected chi connectivity index (χ4v) is 4.24. The summed E-state index contributed by atoms with van der Waals surface area (Å²) in [5.74, 6) is 0.560. The first kappa shape index (κ1) is 20.6. The number of hydrogen-bond donors (Lipinski definition) is 1. The number of benzene rings is 1. The molecule has 7 nitrogen and oxygen atoms in total. The SMILES string of the molecule is CN(CC(=O)NCc1ccc(N2CCCC2)nc1)S(=O)(=O)c1ccc(Cl)cc1. The number of pyridine rings is 1. The van der Waals surface area contributed by atoms with E-state index in [4.69, 9.17) is 11.6 Å². The van der Waals surface area contributed by atoms with Crippen LogP contribution in [0.4, 0.5) is 5.82 Å². The highest BCUT2D eigenvalue weighted by Crippen LogP contribution is 2.18. The lowest BCUT2D eigenvalue weighted by Gasteiger charge is -2.17. The Kier molecular flexibility index (Phi) is 6.53. The number of nitrogens with zero attached hydrogens (tertiary/aromatic N) is 3. The summed E-state index contributed by atoms with van der Waals surface area (Å²) in [6, 6.07) is 9.71. The summed E-state index contributed by atoms with van der Waals surface area (Å²) in [5.41, 5.74) is 0.861. The van der Waals surface area contributed by atoms with Crippen molar-refractivity contribution >= 4 is 33.3 Å². The third-order valence-corrected chi connectivity index (χ3v) is 6.69. The number of hydrogen-bond acceptors (Lipinski definition) is 5. The van der Waals surface area contributed by atoms with Crippen molar-refractivity contribution in [2.45, 2.75) is 24.3 Å². The molecule has 0 atom stereocenters. The van der Waals surface area contributed by atoms with Gasteiger partial charge >= 0.3 is 0 Å². The van der Waals surface area contributed by atoms with E-state index in [0.717, 1.165) is 28.8 Å². The van der Waals surface area contributed by atoms with Crippen molar-refractivity contribution in [1.82, 2.24) is 14.6 Å². The van der Waals surface area contributed by atoms with Crippen molar-refractivity contribution in [1.29, 1.82) is 0 Å². The molecule has 1 fully saturated rings. The van der Waals surface area contributed by atoms with Crippen LogP contribution in [0.25, 0.3) is 0 Å². The molecule has 1 saturated heterocycles. The van der Waals surface area contributed by atoms with Crippen LogP contribution in [0, 0.1) is 0 Å². The highest BCUT2D eigenvalue weighted by Gasteiger charge is 2.22. The molecule has 1 aromatic carbocycles. The molecule has 0 spiro atoms. The van der Waals surface area contributed by atoms with Crippen molar-refractivity contribution in [3.63, 3.8) is 0 Å². The van der Waals surface area contributed by atoms with Gasteiger partial charge in [0.15, 0.2) is 0 Å². The Hall–Kier alpha value is -2.16. The predicted octanol–water partition coefficient (Wildman–Crippen LogP) is 2.27. The molecule has 2 aromatic rings. The van der Waals surface area contributed by atoms with E-state index >= 15 is 0 Å². The first-order valence-corrected chi connectivity index (χ1v) is 10.9. The van der Waals surface area contributed by atoms with Crippen LogP contribution < -0.4 is 10.2 Å². The summed E-state index contributed by atoms with van der Waals surface area (Å²) >= 11 is 5.79. The highest BCUT2D eigenvalue weighted by molar-refractivity contribution is 7.89. The van der Waals surface area contributed by atoms with Gasteiger partial charge in [0.2, 0.25) is 15.9 Å². The van der Waals surface area contributed by atoms with Crippen LogP contribution >= 0.6 is 11.6 Å². The van der Waals surface area contributed by atoms with Crippen LogP contribution in [-0.4, -0.2) is 50.3 Å². The molecule has 0 saturated carbocycles. The number of likely N-dealkylation sites (N-methyl/N-ethyl adjacent to an activating group) is 1. The average Bonchev–Trinajstić information content (AvgIpc) is 3.22. The average molecular weight is 423 g/mol. The van der Waals surface area contributed by atoms with Gasteiger partial charge in [-0.1, -0.05) is 17.7 Å². The molecule has 3 rings (SSSR count). The maximum Gasteiger partial charge on any atom is 0.243 e. The van der Waals surface area contributed by atoms with Crippen molar-refractivity contribution < 1.29 is 13.2 Å². The molecule has 0 bridgehead atoms. The Morgan fingerprint density at radius 1 is 1.18 bits per heavy atom. The van der Waals surface area contributed by atoms with Gasteiger partial charge in [-0.3, -0.25) is 4.79 Å². The van der Waals surface area contributed by atoms with Gasteiger partial charge in [0.05, 0.1) is 11.4 Å². The molecule has 1 aromatic heterocycles. The van der Waals surface area contributed by atoms with Gasteiger partial charge in [0.1, 0.15) is 5.82 Å². The summed E-state index contributed by atoms with van der Waals surface area (Å²) in [7, 11) is -2.38. The number of sulfonamides is 1. The molecular formula is C19H23ClN4O3S. The standard InChI is InChI=1S/C19H23ClN4O3S/c1-23(28(26,27)17-7-5-16(20)6-8-17)14-19(25)22-13-15-4-9-18(21-12-15)24-10-2-3-11-24/h4-9,12H,2-3,10-11,13-14H2,1H3,(H,22,25). The number of aromatic nitrogens is 1. The molecule has 1 aliphatic rings. The quantitative estimate of drug-likeness (QED) is 0.740. The third-order valence-electron chi connectivity index (χ3n) is 4.62. The van der Waals surface area contributed by atoms with Crippen LogP contribution in [0.15, 0.2) is 47.5 Å². The zero-order chi connectivity index (χ0) is 20.1. The first-order chi connectivity index (χ1) is 13.4. The minimum atomic E-state index is -3.75. The maximum atomic E-state index is 12.5. The van der Waals surface area contributed by atoms with Gasteiger partial charge in [-0.05, 0) is 48.7 Å². The molecule has 150 valence electrons. The van der Waals surface area contributed by atoms with Crippen LogP contribution in [0.2, 0.25) is 5.02 Å². The Labute approximate surface area is 170 Å². The fourth-order valence-electron chi connectivity index (χ4n) is 2.98. The molecule has 1 aliphatic heterocycles. The summed E-state index contributed by atoms with van der Waals surface area (Å²) in [5, 5.41) is 3.18. The van der Waals surface area contributed by atoms with Crippen molar-refractivity contribution in [2.75, 3.05) is 31.6 Å². The Morgan fingerprint density at radius 2 is 1.86 bits per heavy atom. The summed E-state index contributed by atoms with van der Waals surface area (Å²) < 4.78 is 26.0. The Balaban J connectivity index is 1.52. The lowest BCUT2D eigenvalue weighted by atomic mass is 10.2. The third kappa shape index (κ3) is 5.01. The minimum Gasteiger partial charge on any atom is -0.357 e. The molecule has 28 heavy (non-hydrogen) atoms. The molecule has 0 unspecified atom stereocenters. The summed E-state index contributed by atoms with van der Waals surface area (Å²) in [6.45, 7) is 2.07. The van der Waals surface area contributed by atoms with Gasteiger partial charge < -0.3 is 10.2 Å². The Bertz CT molecular complexity index is 911. The molecule has 0 aliphatic carbocycles. The zero-order valence-electron chi connectivity index (χ0n) is 15.6. The van der Waals surface area contributed by atoms with E-state index in [1.54, 1.807) is 6.20 Å². The van der Waals surface area contributed by atoms with Gasteiger partial charge in [-0.15, -0.1) is 0 Å². The molecule has 1 amide bonds. The van der Waals surface area contributed by atoms with Crippen molar-refractivity contribution in [3.05, 3.63) is 53.2 Å². The number of carbonyl (C=O) groups excluding carboxylic acids is 1. The van der Waals surface area contributed by atoms with Gasteiger partial charge in [-0.25, -0.2) is 13.4 Å². The number of carbonyl (C=O) groups is 1. The number of amides is 1. The molecule has 0 radical (unpaired) electrons. The van der Waals surface area contributed by atoms with Crippen molar-refractivity contribution in [3.8, 4) is 0 Å². The second-order valence-electron chi connectivity index (χ2n) is 6.71. The maximum absolute atomic E-state index is 12.5. The normalized spacial score (nSPS) is 14.5. The summed E-state index contributed by atoms with van der Waals surface area (Å²) in [6.07, 6.45) is 4.11. The zero-order valence-corrected chi connectivity index (χ0v) is 17.2. The van der Waals surface area contributed by atoms with Gasteiger partial charge in [-0.2, -0.15) is 4.31 Å². The first-order valence-electron chi connectivity index (χ1n) is 9.05. The van der Waals surface area contributed by atoms with Crippen LogP contribution in [0.5, 0.6) is 0 Å². The van der Waals surface area contributed by atoms with E-state index < -0.39 is 10.0 Å². The molecular weight excluding hydrogens is 400 g/mol. The number of halogens is 1. The van der Waals surface area contributed by atoms with E-state index in [1.165, 1.54) is 44.2 Å². The van der Waals surface area contributed by atoms with E-state index in [9.17, 15) is 13.2 Å². The van der Waals surface area contributed by atoms with Crippen LogP contribution in [0.3, 0.4) is 0 Å². The fraction of sp³-hybridized carbons (Fsp3) is 0.368. The predicted molar refractivity (Wildman–Crippen MR) is 109 cm³/mol. The molecule has 2 heterocycles. The topological polar surface area (TPSA) is 82.6 Å². The van der Waals surface area contributed by atoms with E-state index in [-0.39, 0.29) is 17.3 Å². The second kappa shape index (κ2) is 8.89.